The van der Waals surface area contributed by atoms with E-state index in [2.05, 4.69) is 16.2 Å². The third kappa shape index (κ3) is 19.0. The maximum Gasteiger partial charge on any atom is 0.329 e. The van der Waals surface area contributed by atoms with Crippen LogP contribution >= 0.6 is 0 Å². The smallest absolute Gasteiger partial charge is 0.329 e. The first-order chi connectivity index (χ1) is 28.1. The molecule has 2 heterocycles. The molecule has 2 fully saturated rings. The van der Waals surface area contributed by atoms with Crippen molar-refractivity contribution >= 4 is 6.03 Å². The van der Waals surface area contributed by atoms with E-state index >= 15 is 0 Å². The largest absolute Gasteiger partial charge is 0.395 e. The maximum absolute atomic E-state index is 12.8. The van der Waals surface area contributed by atoms with Gasteiger partial charge in [0.15, 0.2) is 12.1 Å². The van der Waals surface area contributed by atoms with Crippen LogP contribution in [0.15, 0.2) is 85.1 Å². The first kappa shape index (κ1) is 52.1. The van der Waals surface area contributed by atoms with Crippen LogP contribution in [0.25, 0.3) is 0 Å². The second-order valence-electron chi connectivity index (χ2n) is 15.3. The molecule has 0 radical (unpaired) electrons. The Balaban J connectivity index is 2.15. The molecule has 0 aromatic carbocycles. The maximum atomic E-state index is 12.8. The standard InChI is InChI=1S/C43H71N3O13/c1-7-32(40(53)29(3)30(4)56-6)20-18-16-14-12-10-8-9-11-13-15-17-19-21-34(58-41-36(51)23-35(50)31(5)57-41)22-38-39(44-42(54)46-45-33(26-47)27-48)37(52)25-43(55,59-38)24-28(2)49/h8-21,28-41,45,47-53,55H,7,22-27H2,1-6H3,(H2,44,46,54)/b9-8+,12-10+,13-11+,16-14+,17-15+,20-18+,21-19+/t28-,29-,30-,31+,32-,34-,35-,36-,37-,38-,39+,40-,41-,43+/m0/s1. The van der Waals surface area contributed by atoms with Gasteiger partial charge in [0.1, 0.15) is 6.10 Å². The van der Waals surface area contributed by atoms with Gasteiger partial charge in [-0.05, 0) is 27.2 Å². The molecule has 0 saturated carbocycles. The summed E-state index contributed by atoms with van der Waals surface area (Å²) in [6, 6.07) is -2.77. The fourth-order valence-electron chi connectivity index (χ4n) is 6.64. The van der Waals surface area contributed by atoms with Crippen molar-refractivity contribution in [3.05, 3.63) is 85.1 Å². The van der Waals surface area contributed by atoms with E-state index in [1.165, 1.54) is 6.92 Å². The van der Waals surface area contributed by atoms with Gasteiger partial charge in [0.2, 0.25) is 0 Å². The summed E-state index contributed by atoms with van der Waals surface area (Å²) in [7, 11) is 1.65. The minimum atomic E-state index is -1.96. The molecule has 0 bridgehead atoms. The van der Waals surface area contributed by atoms with Crippen molar-refractivity contribution in [2.75, 3.05) is 20.3 Å². The van der Waals surface area contributed by atoms with Crippen LogP contribution in [-0.2, 0) is 18.9 Å². The monoisotopic (exact) mass is 837 g/mol. The molecule has 2 aliphatic rings. The summed E-state index contributed by atoms with van der Waals surface area (Å²) >= 11 is 0. The molecule has 16 nitrogen and oxygen atoms in total. The predicted octanol–water partition coefficient (Wildman–Crippen LogP) is 1.70. The van der Waals surface area contributed by atoms with E-state index in [0.717, 1.165) is 6.42 Å². The van der Waals surface area contributed by atoms with E-state index in [4.69, 9.17) is 18.9 Å². The Kier molecular flexibility index (Phi) is 24.5. The number of carbonyl (C=O) groups excluding carboxylic acids is 1. The van der Waals surface area contributed by atoms with E-state index < -0.39 is 92.2 Å². The molecule has 0 spiro atoms. The number of allylic oxidation sites excluding steroid dienone is 12. The summed E-state index contributed by atoms with van der Waals surface area (Å²) < 4.78 is 23.3. The van der Waals surface area contributed by atoms with Crippen LogP contribution in [0, 0.1) is 11.8 Å². The molecule has 2 rings (SSSR count). The summed E-state index contributed by atoms with van der Waals surface area (Å²) in [5, 5.41) is 85.3. The summed E-state index contributed by atoms with van der Waals surface area (Å²) in [4.78, 5) is 12.8. The predicted molar refractivity (Wildman–Crippen MR) is 223 cm³/mol. The van der Waals surface area contributed by atoms with Crippen LogP contribution in [-0.4, -0.2) is 146 Å². The van der Waals surface area contributed by atoms with Gasteiger partial charge in [-0.3, -0.25) is 5.43 Å². The van der Waals surface area contributed by atoms with Crippen molar-refractivity contribution in [1.82, 2.24) is 16.2 Å². The third-order valence-electron chi connectivity index (χ3n) is 10.4. The van der Waals surface area contributed by atoms with Crippen molar-refractivity contribution in [3.8, 4) is 0 Å². The van der Waals surface area contributed by atoms with Crippen LogP contribution in [0.3, 0.4) is 0 Å². The van der Waals surface area contributed by atoms with Crippen molar-refractivity contribution in [2.24, 2.45) is 11.8 Å². The van der Waals surface area contributed by atoms with Gasteiger partial charge in [-0.1, -0.05) is 98.9 Å². The lowest BCUT2D eigenvalue weighted by Gasteiger charge is -2.46. The first-order valence-electron chi connectivity index (χ1n) is 20.4. The van der Waals surface area contributed by atoms with Crippen LogP contribution in [0.1, 0.15) is 66.7 Å². The van der Waals surface area contributed by atoms with Crippen LogP contribution in [0.2, 0.25) is 0 Å². The number of aliphatic hydroxyl groups excluding tert-OH is 7. The van der Waals surface area contributed by atoms with E-state index in [0.29, 0.717) is 0 Å². The molecular weight excluding hydrogens is 766 g/mol. The minimum Gasteiger partial charge on any atom is -0.395 e. The molecule has 0 aromatic rings. The summed E-state index contributed by atoms with van der Waals surface area (Å²) in [5.74, 6) is -1.91. The van der Waals surface area contributed by atoms with E-state index in [-0.39, 0.29) is 43.6 Å². The number of amides is 2. The lowest BCUT2D eigenvalue weighted by Crippen LogP contribution is -2.64. The van der Waals surface area contributed by atoms with Crippen molar-refractivity contribution < 1.29 is 64.6 Å². The number of urea groups is 1. The van der Waals surface area contributed by atoms with Gasteiger partial charge in [-0.25, -0.2) is 10.2 Å². The highest BCUT2D eigenvalue weighted by Crippen LogP contribution is 2.34. The average molecular weight is 838 g/mol. The fraction of sp³-hybridized carbons (Fsp3) is 0.651. The summed E-state index contributed by atoms with van der Waals surface area (Å²) in [6.07, 6.45) is 17.2. The Morgan fingerprint density at radius 1 is 0.864 bits per heavy atom. The number of hydrazine groups is 1. The summed E-state index contributed by atoms with van der Waals surface area (Å²) in [5.41, 5.74) is 4.77. The van der Waals surface area contributed by atoms with E-state index in [1.54, 1.807) is 38.3 Å². The molecule has 2 amide bonds. The van der Waals surface area contributed by atoms with Gasteiger partial charge in [-0.15, -0.1) is 0 Å². The van der Waals surface area contributed by atoms with Gasteiger partial charge in [0.05, 0.1) is 74.1 Å². The van der Waals surface area contributed by atoms with Gasteiger partial charge in [0, 0.05) is 44.6 Å². The Morgan fingerprint density at radius 2 is 1.42 bits per heavy atom. The zero-order valence-electron chi connectivity index (χ0n) is 35.2. The number of ether oxygens (including phenoxy) is 4. The number of hydrogen-bond donors (Lipinski definition) is 11. The molecular formula is C43H71N3O13. The topological polar surface area (TPSA) is 252 Å². The number of nitrogens with one attached hydrogen (secondary N) is 3. The Hall–Kier alpha value is -3.07. The molecule has 59 heavy (non-hydrogen) atoms. The lowest BCUT2D eigenvalue weighted by molar-refractivity contribution is -0.300. The van der Waals surface area contributed by atoms with Gasteiger partial charge in [0.25, 0.3) is 0 Å². The summed E-state index contributed by atoms with van der Waals surface area (Å²) in [6.45, 7) is 8.18. The second kappa shape index (κ2) is 27.7. The van der Waals surface area contributed by atoms with Gasteiger partial charge >= 0.3 is 6.03 Å². The van der Waals surface area contributed by atoms with Crippen LogP contribution in [0.5, 0.6) is 0 Å². The number of rotatable bonds is 24. The zero-order valence-corrected chi connectivity index (χ0v) is 35.2. The zero-order chi connectivity index (χ0) is 44.0. The number of hydrogen-bond acceptors (Lipinski definition) is 14. The molecule has 0 aliphatic carbocycles. The van der Waals surface area contributed by atoms with Crippen molar-refractivity contribution in [3.63, 3.8) is 0 Å². The number of methoxy groups -OCH3 is 1. The Bertz CT molecular complexity index is 1400. The second-order valence-corrected chi connectivity index (χ2v) is 15.3. The highest BCUT2D eigenvalue weighted by atomic mass is 16.7. The lowest BCUT2D eigenvalue weighted by atomic mass is 9.87. The Morgan fingerprint density at radius 3 is 1.95 bits per heavy atom. The third-order valence-corrected chi connectivity index (χ3v) is 10.4. The van der Waals surface area contributed by atoms with Gasteiger partial charge < -0.3 is 65.1 Å². The molecule has 14 atom stereocenters. The van der Waals surface area contributed by atoms with Crippen LogP contribution < -0.4 is 16.2 Å². The average Bonchev–Trinajstić information content (AvgIpc) is 3.18. The SMILES string of the molecule is CC[C@@H](/C=C/C=C/C=C/C=C/C=C/C=C/C=C/[C@@H](C[C@@H]1O[C@](O)(C[C@H](C)O)C[C@H](O)[C@H]1NC(=O)NNC(CO)CO)O[C@@H]1O[C@H](C)[C@@H](O)C[C@@H]1O)[C@@H](O)[C@@H](C)[C@H](C)OC. The number of aliphatic hydroxyl groups is 8. The highest BCUT2D eigenvalue weighted by Gasteiger charge is 2.48. The molecule has 11 N–H and O–H groups in total. The molecule has 2 saturated heterocycles. The first-order valence-corrected chi connectivity index (χ1v) is 20.4. The molecule has 16 heteroatoms. The normalized spacial score (nSPS) is 30.4. The highest BCUT2D eigenvalue weighted by molar-refractivity contribution is 5.73. The number of carbonyl (C=O) groups is 1. The van der Waals surface area contributed by atoms with Crippen molar-refractivity contribution in [1.29, 1.82) is 0 Å². The minimum absolute atomic E-state index is 0.00866. The Labute approximate surface area is 349 Å². The fourth-order valence-corrected chi connectivity index (χ4v) is 6.64. The van der Waals surface area contributed by atoms with E-state index in [9.17, 15) is 45.6 Å². The molecule has 336 valence electrons. The molecule has 0 aromatic heterocycles. The molecule has 2 aliphatic heterocycles. The van der Waals surface area contributed by atoms with Crippen molar-refractivity contribution in [2.45, 2.75) is 146 Å². The van der Waals surface area contributed by atoms with Crippen LogP contribution in [0.4, 0.5) is 4.79 Å². The quantitative estimate of drug-likeness (QED) is 0.0490. The van der Waals surface area contributed by atoms with Gasteiger partial charge in [-0.2, -0.15) is 0 Å². The molecule has 0 unspecified atom stereocenters. The van der Waals surface area contributed by atoms with E-state index in [1.807, 2.05) is 81.5 Å².